The molecule has 12 nitrogen and oxygen atoms in total. The lowest BCUT2D eigenvalue weighted by Gasteiger charge is -2.24. The van der Waals surface area contributed by atoms with Crippen LogP contribution >= 0.6 is 0 Å². The predicted molar refractivity (Wildman–Crippen MR) is 137 cm³/mol. The fourth-order valence-corrected chi connectivity index (χ4v) is 3.81. The van der Waals surface area contributed by atoms with Gasteiger partial charge >= 0.3 is 0 Å². The second-order valence-electron chi connectivity index (χ2n) is 8.94. The summed E-state index contributed by atoms with van der Waals surface area (Å²) in [6.45, 7) is 6.10. The van der Waals surface area contributed by atoms with Gasteiger partial charge in [0.25, 0.3) is 5.91 Å². The molecule has 1 aromatic carbocycles. The highest BCUT2D eigenvalue weighted by Gasteiger charge is 2.31. The zero-order chi connectivity index (χ0) is 26.0. The Kier molecular flexibility index (Phi) is 6.22. The Morgan fingerprint density at radius 2 is 2.00 bits per heavy atom. The van der Waals surface area contributed by atoms with Crippen molar-refractivity contribution in [1.82, 2.24) is 39.7 Å². The summed E-state index contributed by atoms with van der Waals surface area (Å²) >= 11 is 0. The highest BCUT2D eigenvalue weighted by Crippen LogP contribution is 2.28. The van der Waals surface area contributed by atoms with E-state index in [4.69, 9.17) is 9.62 Å². The number of amides is 1. The summed E-state index contributed by atoms with van der Waals surface area (Å²) in [5.41, 5.74) is 3.74. The molecular formula is C25H26N10O2. The normalized spacial score (nSPS) is 11.5. The minimum absolute atomic E-state index is 0.290. The molecule has 0 aliphatic carbocycles. The number of aryl methyl sites for hydroxylation is 1. The van der Waals surface area contributed by atoms with E-state index in [0.717, 1.165) is 16.8 Å². The van der Waals surface area contributed by atoms with E-state index in [-0.39, 0.29) is 5.91 Å². The first kappa shape index (κ1) is 23.9. The number of hydrogen-bond acceptors (Lipinski definition) is 9. The molecule has 2 N–H and O–H groups in total. The summed E-state index contributed by atoms with van der Waals surface area (Å²) in [5.74, 6) is 0.553. The quantitative estimate of drug-likeness (QED) is 0.329. The molecule has 0 atom stereocenters. The number of carbonyl (C=O) groups excluding carboxylic acids is 1. The van der Waals surface area contributed by atoms with E-state index >= 15 is 0 Å². The van der Waals surface area contributed by atoms with Crippen molar-refractivity contribution in [3.8, 4) is 22.9 Å². The van der Waals surface area contributed by atoms with Gasteiger partial charge in [0.05, 0.1) is 18.4 Å². The van der Waals surface area contributed by atoms with E-state index in [1.807, 2.05) is 22.9 Å². The molecular weight excluding hydrogens is 472 g/mol. The second kappa shape index (κ2) is 9.64. The highest BCUT2D eigenvalue weighted by molar-refractivity contribution is 5.98. The molecule has 0 bridgehead atoms. The molecule has 0 unspecified atom stereocenters. The monoisotopic (exact) mass is 498 g/mol. The van der Waals surface area contributed by atoms with Gasteiger partial charge in [0.15, 0.2) is 11.6 Å². The molecule has 0 radical (unpaired) electrons. The van der Waals surface area contributed by atoms with Crippen LogP contribution in [0.3, 0.4) is 0 Å². The van der Waals surface area contributed by atoms with Crippen molar-refractivity contribution >= 4 is 17.4 Å². The van der Waals surface area contributed by atoms with Crippen molar-refractivity contribution < 1.29 is 9.32 Å². The van der Waals surface area contributed by atoms with Gasteiger partial charge < -0.3 is 15.2 Å². The SMILES string of the molecule is CNc1nc(-c2cc(-c3ccon3)n(Cc3ccccc3C)n2)ncc1NC(=O)C(C)(C)n1cncn1. The lowest BCUT2D eigenvalue weighted by Crippen LogP contribution is -2.40. The van der Waals surface area contributed by atoms with E-state index in [0.29, 0.717) is 35.3 Å². The minimum Gasteiger partial charge on any atom is -0.371 e. The van der Waals surface area contributed by atoms with Crippen LogP contribution in [-0.2, 0) is 16.9 Å². The standard InChI is InChI=1S/C25H26N10O2/c1-16-7-5-6-8-17(16)13-34-21(18-9-10-37-33-18)11-19(32-34)23-28-12-20(22(26-4)31-23)30-24(36)25(2,3)35-15-27-14-29-35/h5-12,14-15H,13H2,1-4H3,(H,30,36)(H,26,28,31). The Morgan fingerprint density at radius 1 is 1.16 bits per heavy atom. The number of nitrogens with one attached hydrogen (secondary N) is 2. The molecule has 1 amide bonds. The van der Waals surface area contributed by atoms with E-state index in [2.05, 4.69) is 54.9 Å². The molecule has 5 rings (SSSR count). The van der Waals surface area contributed by atoms with Crippen molar-refractivity contribution in [2.24, 2.45) is 0 Å². The number of benzene rings is 1. The first-order valence-electron chi connectivity index (χ1n) is 11.6. The van der Waals surface area contributed by atoms with Gasteiger partial charge in [0.2, 0.25) is 0 Å². The molecule has 4 heterocycles. The lowest BCUT2D eigenvalue weighted by atomic mass is 10.1. The van der Waals surface area contributed by atoms with Crippen LogP contribution in [0.2, 0.25) is 0 Å². The molecule has 0 fully saturated rings. The first-order valence-corrected chi connectivity index (χ1v) is 11.6. The fourth-order valence-electron chi connectivity index (χ4n) is 3.81. The predicted octanol–water partition coefficient (Wildman–Crippen LogP) is 3.36. The average Bonchev–Trinajstić information content (AvgIpc) is 3.67. The van der Waals surface area contributed by atoms with Crippen LogP contribution in [0, 0.1) is 6.92 Å². The van der Waals surface area contributed by atoms with Crippen LogP contribution in [0.15, 0.2) is 66.0 Å². The summed E-state index contributed by atoms with van der Waals surface area (Å²) in [6.07, 6.45) is 5.96. The van der Waals surface area contributed by atoms with E-state index in [9.17, 15) is 4.79 Å². The third-order valence-corrected chi connectivity index (χ3v) is 6.11. The maximum atomic E-state index is 13.0. The van der Waals surface area contributed by atoms with Crippen molar-refractivity contribution in [2.75, 3.05) is 17.7 Å². The highest BCUT2D eigenvalue weighted by atomic mass is 16.5. The molecule has 12 heteroatoms. The van der Waals surface area contributed by atoms with Crippen molar-refractivity contribution in [3.05, 3.63) is 72.6 Å². The van der Waals surface area contributed by atoms with Gasteiger partial charge in [0.1, 0.15) is 41.5 Å². The maximum absolute atomic E-state index is 13.0. The maximum Gasteiger partial charge on any atom is 0.251 e. The third-order valence-electron chi connectivity index (χ3n) is 6.11. The summed E-state index contributed by atoms with van der Waals surface area (Å²) in [5, 5.41) is 18.9. The van der Waals surface area contributed by atoms with Crippen molar-refractivity contribution in [2.45, 2.75) is 32.9 Å². The Balaban J connectivity index is 1.47. The molecule has 0 aliphatic heterocycles. The number of hydrogen-bond donors (Lipinski definition) is 2. The first-order chi connectivity index (χ1) is 17.9. The van der Waals surface area contributed by atoms with Crippen LogP contribution in [0.1, 0.15) is 25.0 Å². The van der Waals surface area contributed by atoms with Crippen LogP contribution in [0.25, 0.3) is 22.9 Å². The van der Waals surface area contributed by atoms with Gasteiger partial charge in [0, 0.05) is 13.1 Å². The molecule has 0 saturated carbocycles. The topological polar surface area (TPSA) is 141 Å². The molecule has 0 aliphatic rings. The van der Waals surface area contributed by atoms with Gasteiger partial charge in [-0.25, -0.2) is 19.6 Å². The van der Waals surface area contributed by atoms with Crippen LogP contribution in [0.5, 0.6) is 0 Å². The van der Waals surface area contributed by atoms with Crippen molar-refractivity contribution in [1.29, 1.82) is 0 Å². The number of carbonyl (C=O) groups is 1. The molecule has 0 saturated heterocycles. The van der Waals surface area contributed by atoms with E-state index < -0.39 is 5.54 Å². The Morgan fingerprint density at radius 3 is 2.70 bits per heavy atom. The molecule has 5 aromatic rings. The van der Waals surface area contributed by atoms with Gasteiger partial charge in [-0.15, -0.1) is 0 Å². The number of anilines is 2. The molecule has 0 spiro atoms. The summed E-state index contributed by atoms with van der Waals surface area (Å²) in [4.78, 5) is 26.1. The third kappa shape index (κ3) is 4.68. The largest absolute Gasteiger partial charge is 0.371 e. The van der Waals surface area contributed by atoms with Gasteiger partial charge in [-0.1, -0.05) is 29.4 Å². The van der Waals surface area contributed by atoms with Crippen molar-refractivity contribution in [3.63, 3.8) is 0 Å². The average molecular weight is 499 g/mol. The van der Waals surface area contributed by atoms with Gasteiger partial charge in [-0.3, -0.25) is 9.48 Å². The summed E-state index contributed by atoms with van der Waals surface area (Å²) in [6, 6.07) is 11.8. The fraction of sp³-hybridized carbons (Fsp3) is 0.240. The van der Waals surface area contributed by atoms with E-state index in [1.54, 1.807) is 33.2 Å². The number of rotatable bonds is 8. The summed E-state index contributed by atoms with van der Waals surface area (Å²) in [7, 11) is 1.72. The summed E-state index contributed by atoms with van der Waals surface area (Å²) < 4.78 is 8.42. The van der Waals surface area contributed by atoms with Gasteiger partial charge in [-0.2, -0.15) is 10.2 Å². The van der Waals surface area contributed by atoms with E-state index in [1.165, 1.54) is 23.6 Å². The smallest absolute Gasteiger partial charge is 0.251 e. The Hall–Kier alpha value is -4.87. The lowest BCUT2D eigenvalue weighted by molar-refractivity contribution is -0.123. The second-order valence-corrected chi connectivity index (χ2v) is 8.94. The molecule has 4 aromatic heterocycles. The number of aromatic nitrogens is 8. The van der Waals surface area contributed by atoms with Crippen LogP contribution in [0.4, 0.5) is 11.5 Å². The Bertz CT molecular complexity index is 1520. The number of nitrogens with zero attached hydrogens (tertiary/aromatic N) is 8. The van der Waals surface area contributed by atoms with Crippen LogP contribution < -0.4 is 10.6 Å². The Labute approximate surface area is 212 Å². The molecule has 37 heavy (non-hydrogen) atoms. The minimum atomic E-state index is -0.971. The molecule has 188 valence electrons. The van der Waals surface area contributed by atoms with Gasteiger partial charge in [-0.05, 0) is 38.0 Å². The van der Waals surface area contributed by atoms with Crippen LogP contribution in [-0.4, -0.2) is 52.6 Å². The zero-order valence-corrected chi connectivity index (χ0v) is 20.9. The zero-order valence-electron chi connectivity index (χ0n) is 20.9.